The number of morpholine rings is 1. The minimum atomic E-state index is -4.67. The molecule has 134 valence electrons. The number of benzene rings is 2. The van der Waals surface area contributed by atoms with E-state index in [2.05, 4.69) is 0 Å². The van der Waals surface area contributed by atoms with Crippen molar-refractivity contribution in [2.75, 3.05) is 18.0 Å². The SMILES string of the molecule is CC1CN(c2ccccc2S(=O)(=O)C(F)F)CC(c2ccccc2)O1. The fourth-order valence-electron chi connectivity index (χ4n) is 3.05. The predicted octanol–water partition coefficient (Wildman–Crippen LogP) is 3.65. The van der Waals surface area contributed by atoms with Crippen molar-refractivity contribution in [2.24, 2.45) is 0 Å². The molecule has 2 atom stereocenters. The molecule has 0 saturated carbocycles. The molecular weight excluding hydrogens is 348 g/mol. The van der Waals surface area contributed by atoms with E-state index in [1.54, 1.807) is 17.0 Å². The molecule has 1 heterocycles. The van der Waals surface area contributed by atoms with Crippen LogP contribution in [-0.4, -0.2) is 33.4 Å². The Bertz CT molecular complexity index is 827. The molecule has 0 amide bonds. The van der Waals surface area contributed by atoms with Crippen molar-refractivity contribution in [3.05, 3.63) is 60.2 Å². The second-order valence-corrected chi connectivity index (χ2v) is 7.91. The third-order valence-electron chi connectivity index (χ3n) is 4.18. The summed E-state index contributed by atoms with van der Waals surface area (Å²) < 4.78 is 56.1. The van der Waals surface area contributed by atoms with E-state index in [9.17, 15) is 17.2 Å². The molecule has 2 unspecified atom stereocenters. The fraction of sp³-hybridized carbons (Fsp3) is 0.333. The van der Waals surface area contributed by atoms with Gasteiger partial charge >= 0.3 is 5.76 Å². The van der Waals surface area contributed by atoms with E-state index in [-0.39, 0.29) is 17.1 Å². The molecule has 0 N–H and O–H groups in total. The summed E-state index contributed by atoms with van der Waals surface area (Å²) >= 11 is 0. The Morgan fingerprint density at radius 1 is 1.04 bits per heavy atom. The van der Waals surface area contributed by atoms with E-state index in [0.29, 0.717) is 18.8 Å². The summed E-state index contributed by atoms with van der Waals surface area (Å²) in [6.07, 6.45) is -0.423. The van der Waals surface area contributed by atoms with E-state index in [4.69, 9.17) is 4.74 Å². The number of hydrogen-bond acceptors (Lipinski definition) is 4. The molecule has 4 nitrogen and oxygen atoms in total. The maximum atomic E-state index is 13.0. The molecule has 1 fully saturated rings. The first kappa shape index (κ1) is 17.8. The molecule has 1 aliphatic heterocycles. The molecule has 3 rings (SSSR count). The predicted molar refractivity (Wildman–Crippen MR) is 91.6 cm³/mol. The Hall–Kier alpha value is -1.99. The lowest BCUT2D eigenvalue weighted by Gasteiger charge is -2.39. The summed E-state index contributed by atoms with van der Waals surface area (Å²) in [5.74, 6) is -3.45. The van der Waals surface area contributed by atoms with E-state index in [1.165, 1.54) is 12.1 Å². The molecule has 25 heavy (non-hydrogen) atoms. The van der Waals surface area contributed by atoms with Crippen LogP contribution in [0.25, 0.3) is 0 Å². The lowest BCUT2D eigenvalue weighted by molar-refractivity contribution is -0.0175. The normalized spacial score (nSPS) is 21.5. The highest BCUT2D eigenvalue weighted by molar-refractivity contribution is 7.91. The highest BCUT2D eigenvalue weighted by Crippen LogP contribution is 2.34. The number of para-hydroxylation sites is 1. The highest BCUT2D eigenvalue weighted by atomic mass is 32.2. The Labute approximate surface area is 146 Å². The van der Waals surface area contributed by atoms with Gasteiger partial charge in [-0.15, -0.1) is 0 Å². The Morgan fingerprint density at radius 2 is 1.68 bits per heavy atom. The second-order valence-electron chi connectivity index (χ2n) is 6.02. The molecule has 1 saturated heterocycles. The van der Waals surface area contributed by atoms with Crippen molar-refractivity contribution < 1.29 is 21.9 Å². The summed E-state index contributed by atoms with van der Waals surface area (Å²) in [5, 5.41) is 0. The summed E-state index contributed by atoms with van der Waals surface area (Å²) in [4.78, 5) is 1.46. The lowest BCUT2D eigenvalue weighted by atomic mass is 10.1. The lowest BCUT2D eigenvalue weighted by Crippen LogP contribution is -2.43. The largest absolute Gasteiger partial charge is 0.367 e. The van der Waals surface area contributed by atoms with E-state index in [0.717, 1.165) is 5.56 Å². The van der Waals surface area contributed by atoms with Crippen LogP contribution in [0, 0.1) is 0 Å². The van der Waals surface area contributed by atoms with Crippen LogP contribution in [0.1, 0.15) is 18.6 Å². The van der Waals surface area contributed by atoms with Crippen molar-refractivity contribution in [2.45, 2.75) is 29.8 Å². The van der Waals surface area contributed by atoms with Gasteiger partial charge in [0.15, 0.2) is 0 Å². The van der Waals surface area contributed by atoms with Crippen LogP contribution in [0.5, 0.6) is 0 Å². The van der Waals surface area contributed by atoms with Crippen LogP contribution >= 0.6 is 0 Å². The van der Waals surface area contributed by atoms with Crippen LogP contribution in [0.3, 0.4) is 0 Å². The standard InChI is InChI=1S/C18H19F2NO3S/c1-13-11-21(12-16(24-13)14-7-3-2-4-8-14)15-9-5-6-10-17(15)25(22,23)18(19)20/h2-10,13,16,18H,11-12H2,1H3. The van der Waals surface area contributed by atoms with Crippen molar-refractivity contribution in [1.82, 2.24) is 0 Å². The molecule has 0 aliphatic carbocycles. The average Bonchev–Trinajstić information content (AvgIpc) is 2.62. The topological polar surface area (TPSA) is 46.6 Å². The highest BCUT2D eigenvalue weighted by Gasteiger charge is 2.33. The van der Waals surface area contributed by atoms with Crippen LogP contribution in [0.4, 0.5) is 14.5 Å². The van der Waals surface area contributed by atoms with Crippen molar-refractivity contribution >= 4 is 15.5 Å². The number of anilines is 1. The molecule has 0 spiro atoms. The van der Waals surface area contributed by atoms with E-state index < -0.39 is 15.6 Å². The maximum absolute atomic E-state index is 13.0. The van der Waals surface area contributed by atoms with Crippen molar-refractivity contribution in [3.8, 4) is 0 Å². The summed E-state index contributed by atoms with van der Waals surface area (Å²) in [7, 11) is -4.67. The van der Waals surface area contributed by atoms with Gasteiger partial charge in [0.1, 0.15) is 6.10 Å². The van der Waals surface area contributed by atoms with Gasteiger partial charge < -0.3 is 9.64 Å². The van der Waals surface area contributed by atoms with Gasteiger partial charge in [0.05, 0.1) is 16.7 Å². The van der Waals surface area contributed by atoms with Gasteiger partial charge in [-0.2, -0.15) is 8.78 Å². The van der Waals surface area contributed by atoms with Crippen LogP contribution in [0.15, 0.2) is 59.5 Å². The van der Waals surface area contributed by atoms with Crippen LogP contribution in [-0.2, 0) is 14.6 Å². The fourth-order valence-corrected chi connectivity index (χ4v) is 4.00. The number of nitrogens with zero attached hydrogens (tertiary/aromatic N) is 1. The molecule has 0 radical (unpaired) electrons. The second kappa shape index (κ2) is 7.09. The smallest absolute Gasteiger partial charge is 0.341 e. The summed E-state index contributed by atoms with van der Waals surface area (Å²) in [5.41, 5.74) is 1.26. The number of hydrogen-bond donors (Lipinski definition) is 0. The third kappa shape index (κ3) is 3.67. The number of alkyl halides is 2. The average molecular weight is 367 g/mol. The van der Waals surface area contributed by atoms with Gasteiger partial charge in [0.25, 0.3) is 0 Å². The molecule has 0 aromatic heterocycles. The maximum Gasteiger partial charge on any atom is 0.341 e. The van der Waals surface area contributed by atoms with Crippen LogP contribution < -0.4 is 4.90 Å². The molecule has 0 bridgehead atoms. The van der Waals surface area contributed by atoms with Gasteiger partial charge in [-0.1, -0.05) is 42.5 Å². The zero-order valence-corrected chi connectivity index (χ0v) is 14.5. The molecule has 2 aromatic carbocycles. The van der Waals surface area contributed by atoms with Gasteiger partial charge in [-0.05, 0) is 24.6 Å². The monoisotopic (exact) mass is 367 g/mol. The summed E-state index contributed by atoms with van der Waals surface area (Å²) in [6, 6.07) is 15.5. The molecular formula is C18H19F2NO3S. The Morgan fingerprint density at radius 3 is 2.36 bits per heavy atom. The Balaban J connectivity index is 1.97. The van der Waals surface area contributed by atoms with E-state index >= 15 is 0 Å². The molecule has 1 aliphatic rings. The summed E-state index contributed by atoms with van der Waals surface area (Å²) in [6.45, 7) is 2.70. The van der Waals surface area contributed by atoms with Gasteiger partial charge in [-0.25, -0.2) is 8.42 Å². The first-order chi connectivity index (χ1) is 11.9. The van der Waals surface area contributed by atoms with E-state index in [1.807, 2.05) is 37.3 Å². The van der Waals surface area contributed by atoms with Gasteiger partial charge in [0.2, 0.25) is 9.84 Å². The zero-order chi connectivity index (χ0) is 18.0. The number of rotatable bonds is 4. The van der Waals surface area contributed by atoms with Crippen LogP contribution in [0.2, 0.25) is 0 Å². The first-order valence-corrected chi connectivity index (χ1v) is 9.50. The zero-order valence-electron chi connectivity index (χ0n) is 13.7. The number of sulfone groups is 1. The van der Waals surface area contributed by atoms with Gasteiger partial charge in [-0.3, -0.25) is 0 Å². The number of ether oxygens (including phenoxy) is 1. The van der Waals surface area contributed by atoms with Gasteiger partial charge in [0, 0.05) is 13.1 Å². The first-order valence-electron chi connectivity index (χ1n) is 7.96. The molecule has 2 aromatic rings. The Kier molecular flexibility index (Phi) is 5.06. The van der Waals surface area contributed by atoms with Crippen molar-refractivity contribution in [1.29, 1.82) is 0 Å². The molecule has 7 heteroatoms. The quantitative estimate of drug-likeness (QED) is 0.828. The van der Waals surface area contributed by atoms with Crippen molar-refractivity contribution in [3.63, 3.8) is 0 Å². The number of halogens is 2. The minimum absolute atomic E-state index is 0.165. The minimum Gasteiger partial charge on any atom is -0.367 e. The third-order valence-corrected chi connectivity index (χ3v) is 5.61.